The molecule has 1 amide bonds. The first-order valence-electron chi connectivity index (χ1n) is 9.89. The number of rotatable bonds is 4. The molecule has 8 heteroatoms. The molecule has 1 unspecified atom stereocenters. The van der Waals surface area contributed by atoms with Gasteiger partial charge in [-0.3, -0.25) is 4.90 Å². The summed E-state index contributed by atoms with van der Waals surface area (Å²) in [7, 11) is -1.64. The summed E-state index contributed by atoms with van der Waals surface area (Å²) in [6.45, 7) is 3.93. The minimum atomic E-state index is -1.64. The predicted octanol–water partition coefficient (Wildman–Crippen LogP) is 3.05. The van der Waals surface area contributed by atoms with Crippen molar-refractivity contribution in [2.75, 3.05) is 36.0 Å². The summed E-state index contributed by atoms with van der Waals surface area (Å²) in [6, 6.07) is 14.7. The molecule has 0 aliphatic carbocycles. The zero-order chi connectivity index (χ0) is 20.6. The molecule has 2 aromatic rings. The van der Waals surface area contributed by atoms with Gasteiger partial charge in [-0.25, -0.2) is 13.6 Å². The van der Waals surface area contributed by atoms with Crippen LogP contribution in [0.4, 0.5) is 25.0 Å². The molecule has 2 fully saturated rings. The molecule has 0 spiro atoms. The maximum Gasteiger partial charge on any atom is 0.414 e. The van der Waals surface area contributed by atoms with Gasteiger partial charge < -0.3 is 15.4 Å². The van der Waals surface area contributed by atoms with Crippen LogP contribution in [0.1, 0.15) is 0 Å². The second-order valence-electron chi connectivity index (χ2n) is 8.02. The third-order valence-electron chi connectivity index (χ3n) is 6.10. The number of nitrogens with zero attached hydrogens (tertiary/aromatic N) is 2. The molecule has 2 N–H and O–H groups in total. The van der Waals surface area contributed by atoms with Gasteiger partial charge in [-0.05, 0) is 12.1 Å². The average molecular weight is 418 g/mol. The van der Waals surface area contributed by atoms with Crippen LogP contribution in [0.3, 0.4) is 0 Å². The van der Waals surface area contributed by atoms with Crippen LogP contribution in [-0.4, -0.2) is 46.5 Å². The van der Waals surface area contributed by atoms with Crippen LogP contribution in [-0.2, 0) is 4.74 Å². The molecule has 0 radical (unpaired) electrons. The molecule has 0 aromatic heterocycles. The van der Waals surface area contributed by atoms with Crippen molar-refractivity contribution in [2.24, 2.45) is 5.73 Å². The highest BCUT2D eigenvalue weighted by Crippen LogP contribution is 2.34. The minimum absolute atomic E-state index is 0.0131. The largest absolute Gasteiger partial charge is 0.443 e. The number of hydrogen-bond donors (Lipinski definition) is 1. The Morgan fingerprint density at radius 2 is 1.76 bits per heavy atom. The van der Waals surface area contributed by atoms with Gasteiger partial charge in [-0.15, -0.1) is 0 Å². The number of nitrogens with two attached hydrogens (primary N) is 1. The van der Waals surface area contributed by atoms with Crippen molar-refractivity contribution in [1.82, 2.24) is 0 Å². The van der Waals surface area contributed by atoms with E-state index in [1.165, 1.54) is 22.2 Å². The van der Waals surface area contributed by atoms with Gasteiger partial charge in [0.25, 0.3) is 0 Å². The van der Waals surface area contributed by atoms with E-state index in [0.29, 0.717) is 13.1 Å². The zero-order valence-corrected chi connectivity index (χ0v) is 17.4. The van der Waals surface area contributed by atoms with Crippen molar-refractivity contribution < 1.29 is 18.3 Å². The van der Waals surface area contributed by atoms with Gasteiger partial charge in [-0.2, -0.15) is 0 Å². The fraction of sp³-hybridized carbons (Fsp3) is 0.381. The van der Waals surface area contributed by atoms with Gasteiger partial charge in [0.05, 0.1) is 20.3 Å². The fourth-order valence-electron chi connectivity index (χ4n) is 4.22. The van der Waals surface area contributed by atoms with Gasteiger partial charge in [0, 0.05) is 31.8 Å². The van der Waals surface area contributed by atoms with Crippen molar-refractivity contribution >= 4 is 30.7 Å². The maximum atomic E-state index is 14.9. The lowest BCUT2D eigenvalue weighted by molar-refractivity contribution is 0.145. The molecule has 0 saturated carbocycles. The number of carbonyl (C=O) groups excluding carboxylic acids is 1. The van der Waals surface area contributed by atoms with Crippen molar-refractivity contribution in [3.63, 3.8) is 0 Å². The van der Waals surface area contributed by atoms with Crippen molar-refractivity contribution in [3.05, 3.63) is 54.1 Å². The lowest BCUT2D eigenvalue weighted by atomic mass is 10.2. The van der Waals surface area contributed by atoms with E-state index in [1.54, 1.807) is 4.90 Å². The summed E-state index contributed by atoms with van der Waals surface area (Å²) >= 11 is 0. The van der Waals surface area contributed by atoms with Gasteiger partial charge in [-0.1, -0.05) is 42.1 Å². The molecule has 4 rings (SSSR count). The molecule has 29 heavy (non-hydrogen) atoms. The number of amides is 1. The number of ether oxygens (including phenoxy) is 1. The van der Waals surface area contributed by atoms with Crippen molar-refractivity contribution in [1.29, 1.82) is 0 Å². The Labute approximate surface area is 170 Å². The van der Waals surface area contributed by atoms with E-state index in [0.717, 1.165) is 12.1 Å². The first-order valence-corrected chi connectivity index (χ1v) is 12.8. The smallest absolute Gasteiger partial charge is 0.414 e. The monoisotopic (exact) mass is 417 g/mol. The number of hydrogen-bond acceptors (Lipinski definition) is 4. The lowest BCUT2D eigenvalue weighted by Gasteiger charge is -2.39. The second kappa shape index (κ2) is 7.76. The van der Waals surface area contributed by atoms with E-state index in [1.807, 2.05) is 6.07 Å². The molecule has 2 aromatic carbocycles. The number of anilines is 2. The molecule has 2 aliphatic heterocycles. The first kappa shape index (κ1) is 19.8. The summed E-state index contributed by atoms with van der Waals surface area (Å²) in [6.07, 6.45) is -1.09. The first-order chi connectivity index (χ1) is 13.9. The minimum Gasteiger partial charge on any atom is -0.443 e. The number of benzene rings is 2. The van der Waals surface area contributed by atoms with Crippen molar-refractivity contribution in [3.8, 4) is 0 Å². The quantitative estimate of drug-likeness (QED) is 0.777. The highest BCUT2D eigenvalue weighted by molar-refractivity contribution is 6.91. The van der Waals surface area contributed by atoms with Crippen LogP contribution in [0.25, 0.3) is 0 Å². The topological polar surface area (TPSA) is 58.8 Å². The summed E-state index contributed by atoms with van der Waals surface area (Å²) in [5.74, 6) is -1.32. The summed E-state index contributed by atoms with van der Waals surface area (Å²) in [5, 5.41) is 1.39. The molecule has 154 valence electrons. The van der Waals surface area contributed by atoms with E-state index < -0.39 is 31.9 Å². The SMILES string of the molecule is C[Si]1(c2ccccc2)CCN(c2c(F)cc(N3CC(CN)OC3=O)cc2F)CC1. The Morgan fingerprint density at radius 1 is 1.14 bits per heavy atom. The Balaban J connectivity index is 1.52. The summed E-state index contributed by atoms with van der Waals surface area (Å²) < 4.78 is 34.9. The molecule has 2 aliphatic rings. The Morgan fingerprint density at radius 3 is 2.31 bits per heavy atom. The number of halogens is 2. The van der Waals surface area contributed by atoms with Gasteiger partial charge in [0.2, 0.25) is 0 Å². The maximum absolute atomic E-state index is 14.9. The van der Waals surface area contributed by atoms with Crippen LogP contribution in [0, 0.1) is 11.6 Å². The normalized spacial score (nSPS) is 21.4. The van der Waals surface area contributed by atoms with E-state index in [-0.39, 0.29) is 24.5 Å². The van der Waals surface area contributed by atoms with Crippen LogP contribution in [0.15, 0.2) is 42.5 Å². The Kier molecular flexibility index (Phi) is 5.31. The molecule has 0 bridgehead atoms. The van der Waals surface area contributed by atoms with E-state index in [4.69, 9.17) is 10.5 Å². The van der Waals surface area contributed by atoms with Crippen LogP contribution >= 0.6 is 0 Å². The van der Waals surface area contributed by atoms with Gasteiger partial charge >= 0.3 is 6.09 Å². The van der Waals surface area contributed by atoms with E-state index >= 15 is 0 Å². The molecular weight excluding hydrogens is 392 g/mol. The fourth-order valence-corrected chi connectivity index (χ4v) is 7.57. The lowest BCUT2D eigenvalue weighted by Crippen LogP contribution is -2.53. The average Bonchev–Trinajstić information content (AvgIpc) is 3.10. The standard InChI is InChI=1S/C21H25F2N3O2Si/c1-29(17-5-3-2-4-6-17)9-7-25(8-10-29)20-18(22)11-15(12-19(20)23)26-14-16(13-24)28-21(26)27/h2-6,11-12,16H,7-10,13-14,24H2,1H3. The zero-order valence-electron chi connectivity index (χ0n) is 16.4. The predicted molar refractivity (Wildman–Crippen MR) is 113 cm³/mol. The second-order valence-corrected chi connectivity index (χ2v) is 12.7. The molecule has 2 heterocycles. The number of cyclic esters (lactones) is 1. The molecule has 5 nitrogen and oxygen atoms in total. The Hall–Kier alpha value is -2.45. The highest BCUT2D eigenvalue weighted by Gasteiger charge is 2.36. The number of carbonyl (C=O) groups is 1. The van der Waals surface area contributed by atoms with E-state index in [2.05, 4.69) is 30.8 Å². The molecule has 1 atom stereocenters. The molecule has 2 saturated heterocycles. The highest BCUT2D eigenvalue weighted by atomic mass is 28.3. The van der Waals surface area contributed by atoms with Gasteiger partial charge in [0.1, 0.15) is 11.8 Å². The Bertz CT molecular complexity index is 881. The van der Waals surface area contributed by atoms with Gasteiger partial charge in [0.15, 0.2) is 11.6 Å². The summed E-state index contributed by atoms with van der Waals surface area (Å²) in [4.78, 5) is 15.0. The van der Waals surface area contributed by atoms with E-state index in [9.17, 15) is 13.6 Å². The van der Waals surface area contributed by atoms with Crippen LogP contribution < -0.4 is 20.7 Å². The van der Waals surface area contributed by atoms with Crippen LogP contribution in [0.5, 0.6) is 0 Å². The third-order valence-corrected chi connectivity index (χ3v) is 10.5. The summed E-state index contributed by atoms with van der Waals surface area (Å²) in [5.41, 5.74) is 5.67. The molecular formula is C21H25F2N3O2Si. The third kappa shape index (κ3) is 3.74. The van der Waals surface area contributed by atoms with Crippen LogP contribution in [0.2, 0.25) is 18.6 Å². The van der Waals surface area contributed by atoms with Crippen molar-refractivity contribution in [2.45, 2.75) is 24.7 Å².